The van der Waals surface area contributed by atoms with Crippen LogP contribution in [0, 0.1) is 11.8 Å². The standard InChI is InChI=1S/C23H16N2O4/c26-22(24-28)17-13-11-16(12-14-17)6-5-15-25-19-8-2-4-10-21(19)29-20-9-3-1-7-18(20)23(25)27/h1-4,7-14,28H,15H2,(H,24,26). The van der Waals surface area contributed by atoms with Crippen LogP contribution in [-0.4, -0.2) is 23.6 Å². The Morgan fingerprint density at radius 3 is 2.41 bits per heavy atom. The van der Waals surface area contributed by atoms with Gasteiger partial charge in [-0.2, -0.15) is 0 Å². The Labute approximate surface area is 167 Å². The molecule has 0 saturated carbocycles. The number of anilines is 1. The first kappa shape index (κ1) is 18.3. The second kappa shape index (κ2) is 7.89. The van der Waals surface area contributed by atoms with Crippen molar-refractivity contribution in [3.8, 4) is 23.3 Å². The normalized spacial score (nSPS) is 11.9. The highest BCUT2D eigenvalue weighted by Crippen LogP contribution is 2.38. The second-order valence-electron chi connectivity index (χ2n) is 6.28. The maximum absolute atomic E-state index is 13.1. The first-order valence-corrected chi connectivity index (χ1v) is 8.88. The third-order valence-corrected chi connectivity index (χ3v) is 4.46. The topological polar surface area (TPSA) is 78.9 Å². The summed E-state index contributed by atoms with van der Waals surface area (Å²) in [7, 11) is 0. The fourth-order valence-electron chi connectivity index (χ4n) is 3.02. The van der Waals surface area contributed by atoms with Crippen LogP contribution in [0.1, 0.15) is 26.3 Å². The molecule has 0 atom stereocenters. The molecule has 0 unspecified atom stereocenters. The minimum absolute atomic E-state index is 0.173. The van der Waals surface area contributed by atoms with E-state index < -0.39 is 5.91 Å². The third-order valence-electron chi connectivity index (χ3n) is 4.46. The van der Waals surface area contributed by atoms with E-state index >= 15 is 0 Å². The number of carbonyl (C=O) groups is 2. The van der Waals surface area contributed by atoms with Crippen molar-refractivity contribution in [2.45, 2.75) is 0 Å². The molecule has 6 heteroatoms. The van der Waals surface area contributed by atoms with Crippen molar-refractivity contribution >= 4 is 17.5 Å². The Morgan fingerprint density at radius 1 is 0.966 bits per heavy atom. The van der Waals surface area contributed by atoms with Crippen molar-refractivity contribution in [2.75, 3.05) is 11.4 Å². The summed E-state index contributed by atoms with van der Waals surface area (Å²) in [4.78, 5) is 26.1. The molecule has 0 spiro atoms. The number of hydroxylamine groups is 1. The van der Waals surface area contributed by atoms with Crippen molar-refractivity contribution < 1.29 is 19.5 Å². The summed E-state index contributed by atoms with van der Waals surface area (Å²) < 4.78 is 5.94. The van der Waals surface area contributed by atoms with Crippen LogP contribution in [-0.2, 0) is 0 Å². The lowest BCUT2D eigenvalue weighted by molar-refractivity contribution is 0.0706. The van der Waals surface area contributed by atoms with Crippen LogP contribution < -0.4 is 15.1 Å². The number of para-hydroxylation sites is 3. The smallest absolute Gasteiger partial charge is 0.274 e. The molecule has 142 valence electrons. The fourth-order valence-corrected chi connectivity index (χ4v) is 3.02. The van der Waals surface area contributed by atoms with E-state index in [2.05, 4.69) is 11.8 Å². The number of hydrogen-bond donors (Lipinski definition) is 2. The average molecular weight is 384 g/mol. The van der Waals surface area contributed by atoms with Gasteiger partial charge < -0.3 is 4.74 Å². The molecule has 3 aromatic rings. The molecule has 1 aliphatic heterocycles. The lowest BCUT2D eigenvalue weighted by Gasteiger charge is -2.19. The Hall–Kier alpha value is -4.08. The number of rotatable bonds is 2. The highest BCUT2D eigenvalue weighted by Gasteiger charge is 2.27. The van der Waals surface area contributed by atoms with Crippen molar-refractivity contribution in [3.05, 3.63) is 89.5 Å². The van der Waals surface area contributed by atoms with Gasteiger partial charge in [0, 0.05) is 11.1 Å². The lowest BCUT2D eigenvalue weighted by Crippen LogP contribution is -2.30. The second-order valence-corrected chi connectivity index (χ2v) is 6.28. The van der Waals surface area contributed by atoms with Gasteiger partial charge in [0.2, 0.25) is 0 Å². The summed E-state index contributed by atoms with van der Waals surface area (Å²) in [6, 6.07) is 20.9. The molecular formula is C23H16N2O4. The number of nitrogens with zero attached hydrogens (tertiary/aromatic N) is 1. The molecule has 6 nitrogen and oxygen atoms in total. The largest absolute Gasteiger partial charge is 0.454 e. The first-order chi connectivity index (χ1) is 14.2. The number of benzene rings is 3. The van der Waals surface area contributed by atoms with Gasteiger partial charge in [0.15, 0.2) is 5.75 Å². The summed E-state index contributed by atoms with van der Waals surface area (Å²) in [5, 5.41) is 8.67. The van der Waals surface area contributed by atoms with E-state index in [9.17, 15) is 9.59 Å². The van der Waals surface area contributed by atoms with Crippen LogP contribution in [0.15, 0.2) is 72.8 Å². The van der Waals surface area contributed by atoms with E-state index in [1.165, 1.54) is 0 Å². The molecule has 3 aromatic carbocycles. The predicted octanol–water partition coefficient (Wildman–Crippen LogP) is 3.61. The molecule has 2 amide bonds. The molecule has 0 bridgehead atoms. The molecule has 0 aliphatic carbocycles. The molecule has 0 aromatic heterocycles. The molecule has 4 rings (SSSR count). The van der Waals surface area contributed by atoms with E-state index in [1.807, 2.05) is 30.3 Å². The maximum atomic E-state index is 13.1. The zero-order chi connectivity index (χ0) is 20.2. The summed E-state index contributed by atoms with van der Waals surface area (Å²) in [5.74, 6) is 6.34. The van der Waals surface area contributed by atoms with E-state index in [0.717, 1.165) is 0 Å². The summed E-state index contributed by atoms with van der Waals surface area (Å²) >= 11 is 0. The summed E-state index contributed by atoms with van der Waals surface area (Å²) in [6.45, 7) is 0.173. The monoisotopic (exact) mass is 384 g/mol. The molecule has 1 aliphatic rings. The van der Waals surface area contributed by atoms with Crippen molar-refractivity contribution in [1.29, 1.82) is 0 Å². The quantitative estimate of drug-likeness (QED) is 0.402. The van der Waals surface area contributed by atoms with Gasteiger partial charge in [-0.1, -0.05) is 36.1 Å². The summed E-state index contributed by atoms with van der Waals surface area (Å²) in [5.41, 5.74) is 3.72. The number of carbonyl (C=O) groups excluding carboxylic acids is 2. The lowest BCUT2D eigenvalue weighted by atomic mass is 10.1. The van der Waals surface area contributed by atoms with Crippen LogP contribution in [0.4, 0.5) is 5.69 Å². The van der Waals surface area contributed by atoms with E-state index in [0.29, 0.717) is 33.9 Å². The number of fused-ring (bicyclic) bond motifs is 2. The third kappa shape index (κ3) is 3.68. The van der Waals surface area contributed by atoms with Gasteiger partial charge in [0.05, 0.1) is 17.8 Å². The van der Waals surface area contributed by atoms with Crippen molar-refractivity contribution in [2.24, 2.45) is 0 Å². The highest BCUT2D eigenvalue weighted by molar-refractivity contribution is 6.09. The van der Waals surface area contributed by atoms with Gasteiger partial charge >= 0.3 is 0 Å². The van der Waals surface area contributed by atoms with Crippen LogP contribution in [0.25, 0.3) is 0 Å². The van der Waals surface area contributed by atoms with Gasteiger partial charge in [0.1, 0.15) is 5.75 Å². The zero-order valence-electron chi connectivity index (χ0n) is 15.3. The van der Waals surface area contributed by atoms with Crippen LogP contribution in [0.3, 0.4) is 0 Å². The van der Waals surface area contributed by atoms with E-state index in [-0.39, 0.29) is 12.5 Å². The molecule has 2 N–H and O–H groups in total. The Kier molecular flexibility index (Phi) is 4.97. The van der Waals surface area contributed by atoms with Gasteiger partial charge in [-0.05, 0) is 48.5 Å². The van der Waals surface area contributed by atoms with Gasteiger partial charge in [-0.25, -0.2) is 5.48 Å². The minimum Gasteiger partial charge on any atom is -0.454 e. The molecular weight excluding hydrogens is 368 g/mol. The van der Waals surface area contributed by atoms with Crippen molar-refractivity contribution in [3.63, 3.8) is 0 Å². The number of ether oxygens (including phenoxy) is 1. The Bertz CT molecular complexity index is 1140. The van der Waals surface area contributed by atoms with Crippen LogP contribution >= 0.6 is 0 Å². The van der Waals surface area contributed by atoms with E-state index in [4.69, 9.17) is 9.94 Å². The summed E-state index contributed by atoms with van der Waals surface area (Å²) in [6.07, 6.45) is 0. The maximum Gasteiger partial charge on any atom is 0.274 e. The van der Waals surface area contributed by atoms with Gasteiger partial charge in [-0.3, -0.25) is 19.7 Å². The number of amides is 2. The zero-order valence-corrected chi connectivity index (χ0v) is 15.3. The number of nitrogens with one attached hydrogen (secondary N) is 1. The van der Waals surface area contributed by atoms with Crippen molar-refractivity contribution in [1.82, 2.24) is 5.48 Å². The average Bonchev–Trinajstić information content (AvgIpc) is 2.88. The molecule has 1 heterocycles. The fraction of sp³-hybridized carbons (Fsp3) is 0.0435. The Balaban J connectivity index is 1.62. The predicted molar refractivity (Wildman–Crippen MR) is 107 cm³/mol. The molecule has 0 saturated heterocycles. The van der Waals surface area contributed by atoms with Crippen LogP contribution in [0.5, 0.6) is 11.5 Å². The molecule has 29 heavy (non-hydrogen) atoms. The van der Waals surface area contributed by atoms with Gasteiger partial charge in [-0.15, -0.1) is 0 Å². The minimum atomic E-state index is -0.588. The van der Waals surface area contributed by atoms with Gasteiger partial charge in [0.25, 0.3) is 11.8 Å². The first-order valence-electron chi connectivity index (χ1n) is 8.88. The number of hydrogen-bond acceptors (Lipinski definition) is 4. The SMILES string of the molecule is O=C(NO)c1ccc(C#CCN2C(=O)c3ccccc3Oc3ccccc32)cc1. The van der Waals surface area contributed by atoms with Crippen LogP contribution in [0.2, 0.25) is 0 Å². The molecule has 0 fully saturated rings. The molecule has 0 radical (unpaired) electrons. The Morgan fingerprint density at radius 2 is 1.66 bits per heavy atom. The van der Waals surface area contributed by atoms with E-state index in [1.54, 1.807) is 52.8 Å². The highest BCUT2D eigenvalue weighted by atomic mass is 16.5.